The lowest BCUT2D eigenvalue weighted by Gasteiger charge is -1.97. The SMILES string of the molecule is NCCc1c[nH]c(-c2ccccc2F)n1. The van der Waals surface area contributed by atoms with E-state index in [9.17, 15) is 4.39 Å². The Bertz CT molecular complexity index is 451. The van der Waals surface area contributed by atoms with Gasteiger partial charge in [0.05, 0.1) is 11.3 Å². The first kappa shape index (κ1) is 9.86. The molecule has 0 aliphatic carbocycles. The van der Waals surface area contributed by atoms with Crippen molar-refractivity contribution < 1.29 is 4.39 Å². The Morgan fingerprint density at radius 2 is 2.13 bits per heavy atom. The molecule has 0 saturated carbocycles. The maximum atomic E-state index is 13.4. The smallest absolute Gasteiger partial charge is 0.140 e. The highest BCUT2D eigenvalue weighted by molar-refractivity contribution is 5.55. The highest BCUT2D eigenvalue weighted by Crippen LogP contribution is 2.18. The topological polar surface area (TPSA) is 54.7 Å². The minimum atomic E-state index is -0.272. The molecular formula is C11H12FN3. The molecule has 4 heteroatoms. The molecule has 0 bridgehead atoms. The number of imidazole rings is 1. The maximum Gasteiger partial charge on any atom is 0.140 e. The van der Waals surface area contributed by atoms with Crippen LogP contribution in [0, 0.1) is 5.82 Å². The summed E-state index contributed by atoms with van der Waals surface area (Å²) in [4.78, 5) is 7.20. The molecule has 3 N–H and O–H groups in total. The van der Waals surface area contributed by atoms with Crippen molar-refractivity contribution in [1.82, 2.24) is 9.97 Å². The Morgan fingerprint density at radius 1 is 1.33 bits per heavy atom. The Kier molecular flexibility index (Phi) is 2.78. The lowest BCUT2D eigenvalue weighted by molar-refractivity contribution is 0.630. The average molecular weight is 205 g/mol. The van der Waals surface area contributed by atoms with Crippen LogP contribution < -0.4 is 5.73 Å². The Hall–Kier alpha value is -1.68. The van der Waals surface area contributed by atoms with Gasteiger partial charge in [-0.1, -0.05) is 12.1 Å². The number of nitrogens with two attached hydrogens (primary N) is 1. The van der Waals surface area contributed by atoms with E-state index in [-0.39, 0.29) is 5.82 Å². The molecule has 1 aromatic heterocycles. The Morgan fingerprint density at radius 3 is 2.87 bits per heavy atom. The fraction of sp³-hybridized carbons (Fsp3) is 0.182. The van der Waals surface area contributed by atoms with Crippen molar-refractivity contribution >= 4 is 0 Å². The molecule has 0 spiro atoms. The number of halogens is 1. The minimum absolute atomic E-state index is 0.272. The van der Waals surface area contributed by atoms with Crippen LogP contribution in [0.3, 0.4) is 0 Å². The largest absolute Gasteiger partial charge is 0.344 e. The number of aromatic nitrogens is 2. The van der Waals surface area contributed by atoms with Gasteiger partial charge in [-0.2, -0.15) is 0 Å². The van der Waals surface area contributed by atoms with Crippen LogP contribution in [-0.4, -0.2) is 16.5 Å². The van der Waals surface area contributed by atoms with Crippen molar-refractivity contribution in [3.05, 3.63) is 42.0 Å². The van der Waals surface area contributed by atoms with Gasteiger partial charge in [0.2, 0.25) is 0 Å². The number of hydrogen-bond donors (Lipinski definition) is 2. The van der Waals surface area contributed by atoms with Gasteiger partial charge in [0.1, 0.15) is 11.6 Å². The van der Waals surface area contributed by atoms with Crippen molar-refractivity contribution in [1.29, 1.82) is 0 Å². The van der Waals surface area contributed by atoms with E-state index in [1.807, 2.05) is 0 Å². The van der Waals surface area contributed by atoms with E-state index in [0.717, 1.165) is 5.69 Å². The zero-order valence-electron chi connectivity index (χ0n) is 8.20. The van der Waals surface area contributed by atoms with E-state index in [1.54, 1.807) is 24.4 Å². The summed E-state index contributed by atoms with van der Waals surface area (Å²) < 4.78 is 13.4. The molecule has 3 nitrogen and oxygen atoms in total. The normalized spacial score (nSPS) is 10.5. The molecule has 78 valence electrons. The van der Waals surface area contributed by atoms with Gasteiger partial charge in [-0.3, -0.25) is 0 Å². The van der Waals surface area contributed by atoms with Gasteiger partial charge in [-0.05, 0) is 18.7 Å². The predicted octanol–water partition coefficient (Wildman–Crippen LogP) is 1.72. The second-order valence-electron chi connectivity index (χ2n) is 3.26. The van der Waals surface area contributed by atoms with Gasteiger partial charge in [-0.25, -0.2) is 9.37 Å². The van der Waals surface area contributed by atoms with E-state index in [4.69, 9.17) is 5.73 Å². The number of aromatic amines is 1. The zero-order valence-corrected chi connectivity index (χ0v) is 8.20. The van der Waals surface area contributed by atoms with Crippen LogP contribution in [0.25, 0.3) is 11.4 Å². The quantitative estimate of drug-likeness (QED) is 0.801. The monoisotopic (exact) mass is 205 g/mol. The van der Waals surface area contributed by atoms with Gasteiger partial charge in [0.15, 0.2) is 0 Å². The van der Waals surface area contributed by atoms with E-state index in [2.05, 4.69) is 9.97 Å². The first-order chi connectivity index (χ1) is 7.31. The summed E-state index contributed by atoms with van der Waals surface area (Å²) in [6.07, 6.45) is 2.46. The summed E-state index contributed by atoms with van der Waals surface area (Å²) in [5.41, 5.74) is 6.75. The van der Waals surface area contributed by atoms with E-state index < -0.39 is 0 Å². The van der Waals surface area contributed by atoms with E-state index in [1.165, 1.54) is 6.07 Å². The number of nitrogens with zero attached hydrogens (tertiary/aromatic N) is 1. The third kappa shape index (κ3) is 2.05. The molecule has 1 heterocycles. The van der Waals surface area contributed by atoms with Crippen molar-refractivity contribution in [2.75, 3.05) is 6.54 Å². The van der Waals surface area contributed by atoms with Crippen LogP contribution in [0.4, 0.5) is 4.39 Å². The first-order valence-electron chi connectivity index (χ1n) is 4.80. The maximum absolute atomic E-state index is 13.4. The summed E-state index contributed by atoms with van der Waals surface area (Å²) in [6, 6.07) is 6.55. The Balaban J connectivity index is 2.33. The van der Waals surface area contributed by atoms with Gasteiger partial charge in [-0.15, -0.1) is 0 Å². The fourth-order valence-corrected chi connectivity index (χ4v) is 1.43. The Labute approximate surface area is 87.2 Å². The number of hydrogen-bond acceptors (Lipinski definition) is 2. The minimum Gasteiger partial charge on any atom is -0.344 e. The number of benzene rings is 1. The molecule has 0 amide bonds. The third-order valence-corrected chi connectivity index (χ3v) is 2.16. The van der Waals surface area contributed by atoms with Crippen LogP contribution in [0.5, 0.6) is 0 Å². The molecule has 0 aliphatic heterocycles. The molecule has 0 unspecified atom stereocenters. The zero-order chi connectivity index (χ0) is 10.7. The average Bonchev–Trinajstić information content (AvgIpc) is 2.68. The number of rotatable bonds is 3. The van der Waals surface area contributed by atoms with E-state index >= 15 is 0 Å². The van der Waals surface area contributed by atoms with Gasteiger partial charge in [0, 0.05) is 12.6 Å². The van der Waals surface area contributed by atoms with E-state index in [0.29, 0.717) is 24.4 Å². The van der Waals surface area contributed by atoms with Crippen LogP contribution >= 0.6 is 0 Å². The molecule has 2 rings (SSSR count). The first-order valence-corrected chi connectivity index (χ1v) is 4.80. The molecule has 15 heavy (non-hydrogen) atoms. The summed E-state index contributed by atoms with van der Waals surface area (Å²) in [5, 5.41) is 0. The number of nitrogens with one attached hydrogen (secondary N) is 1. The van der Waals surface area contributed by atoms with Crippen molar-refractivity contribution in [3.63, 3.8) is 0 Å². The lowest BCUT2D eigenvalue weighted by Crippen LogP contribution is -2.02. The summed E-state index contributed by atoms with van der Waals surface area (Å²) in [6.45, 7) is 0.543. The van der Waals surface area contributed by atoms with Gasteiger partial charge >= 0.3 is 0 Å². The molecule has 0 aliphatic rings. The molecule has 1 aromatic carbocycles. The molecule has 0 radical (unpaired) electrons. The standard InChI is InChI=1S/C11H12FN3/c12-10-4-2-1-3-9(10)11-14-7-8(15-11)5-6-13/h1-4,7H,5-6,13H2,(H,14,15). The van der Waals surface area contributed by atoms with Crippen molar-refractivity contribution in [3.8, 4) is 11.4 Å². The summed E-state index contributed by atoms with van der Waals surface area (Å²) >= 11 is 0. The fourth-order valence-electron chi connectivity index (χ4n) is 1.43. The number of H-pyrrole nitrogens is 1. The molecule has 0 saturated heterocycles. The van der Waals surface area contributed by atoms with Gasteiger partial charge in [0.25, 0.3) is 0 Å². The third-order valence-electron chi connectivity index (χ3n) is 2.16. The molecule has 0 atom stereocenters. The van der Waals surface area contributed by atoms with Crippen molar-refractivity contribution in [2.24, 2.45) is 5.73 Å². The molecule has 2 aromatic rings. The second kappa shape index (κ2) is 4.23. The van der Waals surface area contributed by atoms with Crippen LogP contribution in [0.1, 0.15) is 5.69 Å². The van der Waals surface area contributed by atoms with Crippen LogP contribution in [0.15, 0.2) is 30.5 Å². The van der Waals surface area contributed by atoms with Gasteiger partial charge < -0.3 is 10.7 Å². The predicted molar refractivity (Wildman–Crippen MR) is 56.7 cm³/mol. The van der Waals surface area contributed by atoms with Crippen LogP contribution in [0.2, 0.25) is 0 Å². The van der Waals surface area contributed by atoms with Crippen LogP contribution in [-0.2, 0) is 6.42 Å². The van der Waals surface area contributed by atoms with Crippen molar-refractivity contribution in [2.45, 2.75) is 6.42 Å². The highest BCUT2D eigenvalue weighted by Gasteiger charge is 2.07. The summed E-state index contributed by atoms with van der Waals surface area (Å²) in [5.74, 6) is 0.280. The highest BCUT2D eigenvalue weighted by atomic mass is 19.1. The second-order valence-corrected chi connectivity index (χ2v) is 3.26. The molecule has 0 fully saturated rings. The summed E-state index contributed by atoms with van der Waals surface area (Å²) in [7, 11) is 0. The molecular weight excluding hydrogens is 193 g/mol. The lowest BCUT2D eigenvalue weighted by atomic mass is 10.2.